The topological polar surface area (TPSA) is 54.4 Å². The van der Waals surface area contributed by atoms with Gasteiger partial charge in [0.15, 0.2) is 0 Å². The molecule has 0 saturated heterocycles. The van der Waals surface area contributed by atoms with Crippen molar-refractivity contribution in [1.29, 1.82) is 0 Å². The van der Waals surface area contributed by atoms with Crippen molar-refractivity contribution in [2.45, 2.75) is 6.10 Å². The number of aromatic nitrogens is 1. The maximum atomic E-state index is 9.99. The van der Waals surface area contributed by atoms with E-state index in [0.29, 0.717) is 6.54 Å². The summed E-state index contributed by atoms with van der Waals surface area (Å²) in [7, 11) is 0. The molecule has 0 aliphatic rings. The van der Waals surface area contributed by atoms with Crippen LogP contribution in [-0.2, 0) is 0 Å². The third kappa shape index (κ3) is 4.57. The zero-order valence-corrected chi connectivity index (χ0v) is 13.3. The van der Waals surface area contributed by atoms with Gasteiger partial charge in [0.2, 0.25) is 0 Å². The van der Waals surface area contributed by atoms with Gasteiger partial charge in [-0.1, -0.05) is 48.5 Å². The third-order valence-corrected chi connectivity index (χ3v) is 3.59. The molecule has 3 aromatic rings. The van der Waals surface area contributed by atoms with Crippen molar-refractivity contribution < 1.29 is 9.84 Å². The summed E-state index contributed by atoms with van der Waals surface area (Å²) in [6.07, 6.45) is 1.10. The van der Waals surface area contributed by atoms with Gasteiger partial charge < -0.3 is 15.2 Å². The molecular weight excluding hydrogens is 300 g/mol. The summed E-state index contributed by atoms with van der Waals surface area (Å²) in [5.74, 6) is 1.48. The van der Waals surface area contributed by atoms with E-state index in [4.69, 9.17) is 4.74 Å². The van der Waals surface area contributed by atoms with E-state index in [1.54, 1.807) is 6.20 Å². The molecule has 3 rings (SSSR count). The Bertz CT molecular complexity index is 731. The van der Waals surface area contributed by atoms with Crippen molar-refractivity contribution in [2.75, 3.05) is 18.5 Å². The van der Waals surface area contributed by atoms with Gasteiger partial charge in [0.1, 0.15) is 24.3 Å². The van der Waals surface area contributed by atoms with Gasteiger partial charge in [0.25, 0.3) is 0 Å². The number of benzene rings is 2. The molecule has 0 bridgehead atoms. The van der Waals surface area contributed by atoms with Crippen LogP contribution < -0.4 is 10.1 Å². The van der Waals surface area contributed by atoms with E-state index >= 15 is 0 Å². The van der Waals surface area contributed by atoms with Gasteiger partial charge in [-0.2, -0.15) is 0 Å². The third-order valence-electron chi connectivity index (χ3n) is 3.59. The summed E-state index contributed by atoms with van der Waals surface area (Å²) in [4.78, 5) is 4.14. The first kappa shape index (κ1) is 16.0. The fourth-order valence-corrected chi connectivity index (χ4v) is 2.32. The lowest BCUT2D eigenvalue weighted by molar-refractivity contribution is 0.117. The van der Waals surface area contributed by atoms with Crippen LogP contribution in [0.25, 0.3) is 11.1 Å². The number of anilines is 1. The zero-order valence-electron chi connectivity index (χ0n) is 13.3. The molecule has 0 saturated carbocycles. The average molecular weight is 320 g/mol. The summed E-state index contributed by atoms with van der Waals surface area (Å²) in [5.41, 5.74) is 2.31. The molecule has 2 N–H and O–H groups in total. The van der Waals surface area contributed by atoms with Crippen molar-refractivity contribution in [3.8, 4) is 16.9 Å². The van der Waals surface area contributed by atoms with Gasteiger partial charge in [0.05, 0.1) is 0 Å². The predicted octanol–water partition coefficient (Wildman–Crippen LogP) is 3.60. The quantitative estimate of drug-likeness (QED) is 0.698. The number of rotatable bonds is 7. The Kier molecular flexibility index (Phi) is 5.43. The Labute approximate surface area is 141 Å². The number of hydrogen-bond acceptors (Lipinski definition) is 4. The van der Waals surface area contributed by atoms with Crippen LogP contribution >= 0.6 is 0 Å². The average Bonchev–Trinajstić information content (AvgIpc) is 2.67. The van der Waals surface area contributed by atoms with Crippen LogP contribution in [0.1, 0.15) is 0 Å². The molecule has 2 aromatic carbocycles. The molecule has 1 unspecified atom stereocenters. The molecule has 0 radical (unpaired) electrons. The van der Waals surface area contributed by atoms with Crippen LogP contribution in [0.15, 0.2) is 79.0 Å². The summed E-state index contributed by atoms with van der Waals surface area (Å²) >= 11 is 0. The number of nitrogens with zero attached hydrogens (tertiary/aromatic N) is 1. The molecule has 0 aliphatic carbocycles. The number of pyridine rings is 1. The normalized spacial score (nSPS) is 11.7. The molecule has 24 heavy (non-hydrogen) atoms. The molecule has 1 aromatic heterocycles. The molecule has 122 valence electrons. The van der Waals surface area contributed by atoms with Crippen LogP contribution in [-0.4, -0.2) is 29.3 Å². The minimum Gasteiger partial charge on any atom is -0.491 e. The summed E-state index contributed by atoms with van der Waals surface area (Å²) < 4.78 is 5.64. The zero-order chi connectivity index (χ0) is 16.6. The van der Waals surface area contributed by atoms with Gasteiger partial charge in [-0.05, 0) is 35.4 Å². The summed E-state index contributed by atoms with van der Waals surface area (Å²) in [6.45, 7) is 0.615. The molecule has 1 atom stereocenters. The van der Waals surface area contributed by atoms with Crippen molar-refractivity contribution in [1.82, 2.24) is 4.98 Å². The van der Waals surface area contributed by atoms with Gasteiger partial charge in [0, 0.05) is 12.7 Å². The van der Waals surface area contributed by atoms with Crippen LogP contribution in [0, 0.1) is 0 Å². The van der Waals surface area contributed by atoms with Crippen molar-refractivity contribution in [3.05, 3.63) is 79.0 Å². The van der Waals surface area contributed by atoms with E-state index in [2.05, 4.69) is 22.4 Å². The standard InChI is InChI=1S/C20H20N2O2/c23-18(14-22-20-8-4-5-13-21-20)15-24-19-11-9-17(10-12-19)16-6-2-1-3-7-16/h1-13,18,23H,14-15H2,(H,21,22). The lowest BCUT2D eigenvalue weighted by atomic mass is 10.1. The van der Waals surface area contributed by atoms with E-state index in [9.17, 15) is 5.11 Å². The van der Waals surface area contributed by atoms with E-state index in [1.165, 1.54) is 5.56 Å². The molecule has 4 nitrogen and oxygen atoms in total. The highest BCUT2D eigenvalue weighted by Crippen LogP contribution is 2.22. The summed E-state index contributed by atoms with van der Waals surface area (Å²) in [5, 5.41) is 13.1. The van der Waals surface area contributed by atoms with Crippen LogP contribution in [0.2, 0.25) is 0 Å². The van der Waals surface area contributed by atoms with E-state index in [0.717, 1.165) is 17.1 Å². The number of aliphatic hydroxyl groups is 1. The minimum absolute atomic E-state index is 0.227. The number of aliphatic hydroxyl groups excluding tert-OH is 1. The van der Waals surface area contributed by atoms with Crippen LogP contribution in [0.3, 0.4) is 0 Å². The first-order chi connectivity index (χ1) is 11.8. The molecule has 4 heteroatoms. The van der Waals surface area contributed by atoms with Crippen LogP contribution in [0.5, 0.6) is 5.75 Å². The van der Waals surface area contributed by atoms with Gasteiger partial charge >= 0.3 is 0 Å². The second-order valence-electron chi connectivity index (χ2n) is 5.45. The Morgan fingerprint density at radius 1 is 0.875 bits per heavy atom. The number of ether oxygens (including phenoxy) is 1. The second kappa shape index (κ2) is 8.13. The molecule has 0 aliphatic heterocycles. The van der Waals surface area contributed by atoms with Crippen molar-refractivity contribution in [3.63, 3.8) is 0 Å². The van der Waals surface area contributed by atoms with Crippen molar-refractivity contribution in [2.24, 2.45) is 0 Å². The Morgan fingerprint density at radius 3 is 2.29 bits per heavy atom. The molecule has 1 heterocycles. The van der Waals surface area contributed by atoms with E-state index in [1.807, 2.05) is 60.7 Å². The molecule has 0 spiro atoms. The monoisotopic (exact) mass is 320 g/mol. The maximum absolute atomic E-state index is 9.99. The minimum atomic E-state index is -0.610. The molecule has 0 amide bonds. The SMILES string of the molecule is OC(CNc1ccccn1)COc1ccc(-c2ccccc2)cc1. The molecule has 0 fully saturated rings. The summed E-state index contributed by atoms with van der Waals surface area (Å²) in [6, 6.07) is 23.7. The first-order valence-electron chi connectivity index (χ1n) is 7.92. The fraction of sp³-hybridized carbons (Fsp3) is 0.150. The van der Waals surface area contributed by atoms with E-state index < -0.39 is 6.10 Å². The highest BCUT2D eigenvalue weighted by Gasteiger charge is 2.06. The van der Waals surface area contributed by atoms with E-state index in [-0.39, 0.29) is 6.61 Å². The predicted molar refractivity (Wildman–Crippen MR) is 96.1 cm³/mol. The largest absolute Gasteiger partial charge is 0.491 e. The number of nitrogens with one attached hydrogen (secondary N) is 1. The lowest BCUT2D eigenvalue weighted by Crippen LogP contribution is -2.26. The fourth-order valence-electron chi connectivity index (χ4n) is 2.32. The highest BCUT2D eigenvalue weighted by atomic mass is 16.5. The van der Waals surface area contributed by atoms with Gasteiger partial charge in [-0.15, -0.1) is 0 Å². The molecular formula is C20H20N2O2. The highest BCUT2D eigenvalue weighted by molar-refractivity contribution is 5.63. The smallest absolute Gasteiger partial charge is 0.125 e. The lowest BCUT2D eigenvalue weighted by Gasteiger charge is -2.14. The van der Waals surface area contributed by atoms with Gasteiger partial charge in [-0.25, -0.2) is 4.98 Å². The Hall–Kier alpha value is -2.85. The first-order valence-corrected chi connectivity index (χ1v) is 7.92. The van der Waals surface area contributed by atoms with Crippen LogP contribution in [0.4, 0.5) is 5.82 Å². The maximum Gasteiger partial charge on any atom is 0.125 e. The Balaban J connectivity index is 1.48. The second-order valence-corrected chi connectivity index (χ2v) is 5.45. The Morgan fingerprint density at radius 2 is 1.58 bits per heavy atom. The van der Waals surface area contributed by atoms with Gasteiger partial charge in [-0.3, -0.25) is 0 Å². The van der Waals surface area contributed by atoms with Crippen molar-refractivity contribution >= 4 is 5.82 Å². The number of hydrogen-bond donors (Lipinski definition) is 2.